The molecule has 4 N–H and O–H groups in total. The number of nitrogens with zero attached hydrogens (tertiary/aromatic N) is 1. The van der Waals surface area contributed by atoms with Crippen LogP contribution in [0.5, 0.6) is 0 Å². The highest BCUT2D eigenvalue weighted by Gasteiger charge is 2.04. The molecule has 2 amide bonds. The van der Waals surface area contributed by atoms with Gasteiger partial charge in [0.2, 0.25) is 0 Å². The van der Waals surface area contributed by atoms with Crippen LogP contribution in [0.1, 0.15) is 0 Å². The third kappa shape index (κ3) is 2.94. The molecule has 0 radical (unpaired) electrons. The Kier molecular flexibility index (Phi) is 3.20. The predicted molar refractivity (Wildman–Crippen MR) is 67.7 cm³/mol. The first-order valence-electron chi connectivity index (χ1n) is 5.08. The van der Waals surface area contributed by atoms with Crippen molar-refractivity contribution >= 4 is 23.1 Å². The summed E-state index contributed by atoms with van der Waals surface area (Å²) in [6.07, 6.45) is 3.05. The molecule has 1 aromatic carbocycles. The summed E-state index contributed by atoms with van der Waals surface area (Å²) in [4.78, 5) is 15.5. The molecule has 1 heterocycles. The lowest BCUT2D eigenvalue weighted by Gasteiger charge is -2.08. The van der Waals surface area contributed by atoms with Crippen molar-refractivity contribution in [1.29, 1.82) is 0 Å². The molecule has 0 saturated heterocycles. The van der Waals surface area contributed by atoms with Crippen molar-refractivity contribution in [2.45, 2.75) is 0 Å². The molecule has 0 saturated carbocycles. The minimum atomic E-state index is -0.339. The van der Waals surface area contributed by atoms with Crippen LogP contribution in [0.15, 0.2) is 48.8 Å². The second-order valence-corrected chi connectivity index (χ2v) is 3.41. The van der Waals surface area contributed by atoms with Crippen molar-refractivity contribution in [2.24, 2.45) is 0 Å². The Labute approximate surface area is 98.7 Å². The largest absolute Gasteiger partial charge is 0.396 e. The maximum Gasteiger partial charge on any atom is 0.323 e. The topological polar surface area (TPSA) is 80.0 Å². The zero-order valence-electron chi connectivity index (χ0n) is 9.05. The van der Waals surface area contributed by atoms with Crippen LogP contribution < -0.4 is 16.4 Å². The molecule has 0 aliphatic heterocycles. The average Bonchev–Trinajstić information content (AvgIpc) is 2.33. The number of amides is 2. The van der Waals surface area contributed by atoms with Gasteiger partial charge in [-0.05, 0) is 18.2 Å². The molecule has 0 atom stereocenters. The number of urea groups is 1. The molecule has 5 nitrogen and oxygen atoms in total. The van der Waals surface area contributed by atoms with E-state index in [1.54, 1.807) is 24.4 Å². The molecular weight excluding hydrogens is 216 g/mol. The van der Waals surface area contributed by atoms with Gasteiger partial charge < -0.3 is 16.4 Å². The van der Waals surface area contributed by atoms with E-state index in [1.165, 1.54) is 6.20 Å². The first-order valence-corrected chi connectivity index (χ1v) is 5.08. The van der Waals surface area contributed by atoms with E-state index in [4.69, 9.17) is 5.73 Å². The summed E-state index contributed by atoms with van der Waals surface area (Å²) in [6.45, 7) is 0. The fraction of sp³-hybridized carbons (Fsp3) is 0. The normalized spacial score (nSPS) is 9.65. The fourth-order valence-corrected chi connectivity index (χ4v) is 1.33. The monoisotopic (exact) mass is 228 g/mol. The van der Waals surface area contributed by atoms with Crippen molar-refractivity contribution < 1.29 is 4.79 Å². The van der Waals surface area contributed by atoms with Crippen molar-refractivity contribution in [3.63, 3.8) is 0 Å². The van der Waals surface area contributed by atoms with Crippen LogP contribution in [0, 0.1) is 0 Å². The molecular formula is C12H12N4O. The van der Waals surface area contributed by atoms with E-state index >= 15 is 0 Å². The SMILES string of the molecule is Nc1cnccc1NC(=O)Nc1ccccc1. The third-order valence-corrected chi connectivity index (χ3v) is 2.13. The second-order valence-electron chi connectivity index (χ2n) is 3.41. The van der Waals surface area contributed by atoms with Gasteiger partial charge in [0.05, 0.1) is 17.6 Å². The number of rotatable bonds is 2. The van der Waals surface area contributed by atoms with Crippen LogP contribution in [-0.2, 0) is 0 Å². The molecule has 0 aliphatic rings. The standard InChI is InChI=1S/C12H12N4O/c13-10-8-14-7-6-11(10)16-12(17)15-9-4-2-1-3-5-9/h1-8H,13H2,(H2,14,15,16,17). The summed E-state index contributed by atoms with van der Waals surface area (Å²) in [7, 11) is 0. The number of pyridine rings is 1. The molecule has 0 fully saturated rings. The van der Waals surface area contributed by atoms with E-state index in [0.717, 1.165) is 5.69 Å². The number of carbonyl (C=O) groups is 1. The van der Waals surface area contributed by atoms with E-state index in [1.807, 2.05) is 18.2 Å². The Balaban J connectivity index is 2.01. The Morgan fingerprint density at radius 2 is 1.88 bits per heavy atom. The number of aromatic nitrogens is 1. The number of anilines is 3. The number of benzene rings is 1. The minimum Gasteiger partial charge on any atom is -0.396 e. The van der Waals surface area contributed by atoms with Crippen LogP contribution in [-0.4, -0.2) is 11.0 Å². The van der Waals surface area contributed by atoms with Crippen LogP contribution in [0.4, 0.5) is 21.9 Å². The first kappa shape index (κ1) is 10.9. The van der Waals surface area contributed by atoms with E-state index in [0.29, 0.717) is 11.4 Å². The maximum atomic E-state index is 11.6. The Morgan fingerprint density at radius 1 is 1.12 bits per heavy atom. The molecule has 0 bridgehead atoms. The highest BCUT2D eigenvalue weighted by molar-refractivity contribution is 6.01. The Bertz CT molecular complexity index is 513. The summed E-state index contributed by atoms with van der Waals surface area (Å²) >= 11 is 0. The minimum absolute atomic E-state index is 0.339. The lowest BCUT2D eigenvalue weighted by Crippen LogP contribution is -2.20. The molecule has 5 heteroatoms. The van der Waals surface area contributed by atoms with Crippen LogP contribution in [0.25, 0.3) is 0 Å². The van der Waals surface area contributed by atoms with Crippen LogP contribution >= 0.6 is 0 Å². The molecule has 0 unspecified atom stereocenters. The van der Waals surface area contributed by atoms with Crippen molar-refractivity contribution in [1.82, 2.24) is 4.98 Å². The second kappa shape index (κ2) is 4.98. The van der Waals surface area contributed by atoms with Crippen LogP contribution in [0.2, 0.25) is 0 Å². The molecule has 0 spiro atoms. The average molecular weight is 228 g/mol. The molecule has 17 heavy (non-hydrogen) atoms. The Hall–Kier alpha value is -2.56. The number of nitrogen functional groups attached to an aromatic ring is 1. The molecule has 0 aliphatic carbocycles. The zero-order valence-corrected chi connectivity index (χ0v) is 9.05. The maximum absolute atomic E-state index is 11.6. The summed E-state index contributed by atoms with van der Waals surface area (Å²) in [5.74, 6) is 0. The molecule has 2 rings (SSSR count). The number of nitrogens with one attached hydrogen (secondary N) is 2. The zero-order chi connectivity index (χ0) is 12.1. The van der Waals surface area contributed by atoms with E-state index in [9.17, 15) is 4.79 Å². The quantitative estimate of drug-likeness (QED) is 0.737. The van der Waals surface area contributed by atoms with Gasteiger partial charge in [0.25, 0.3) is 0 Å². The first-order chi connectivity index (χ1) is 8.25. The van der Waals surface area contributed by atoms with Crippen molar-refractivity contribution in [3.8, 4) is 0 Å². The molecule has 2 aromatic rings. The third-order valence-electron chi connectivity index (χ3n) is 2.13. The lowest BCUT2D eigenvalue weighted by atomic mass is 10.3. The summed E-state index contributed by atoms with van der Waals surface area (Å²) in [6, 6.07) is 10.5. The van der Waals surface area contributed by atoms with Crippen LogP contribution in [0.3, 0.4) is 0 Å². The number of nitrogens with two attached hydrogens (primary N) is 1. The highest BCUT2D eigenvalue weighted by atomic mass is 16.2. The van der Waals surface area contributed by atoms with Gasteiger partial charge in [-0.3, -0.25) is 4.98 Å². The Morgan fingerprint density at radius 3 is 2.59 bits per heavy atom. The van der Waals surface area contributed by atoms with Crippen molar-refractivity contribution in [3.05, 3.63) is 48.8 Å². The summed E-state index contributed by atoms with van der Waals surface area (Å²) in [5, 5.41) is 5.34. The summed E-state index contributed by atoms with van der Waals surface area (Å²) in [5.41, 5.74) is 7.34. The van der Waals surface area contributed by atoms with E-state index in [-0.39, 0.29) is 6.03 Å². The fourth-order valence-electron chi connectivity index (χ4n) is 1.33. The van der Waals surface area contributed by atoms with Gasteiger partial charge in [-0.2, -0.15) is 0 Å². The van der Waals surface area contributed by atoms with Gasteiger partial charge in [0, 0.05) is 11.9 Å². The summed E-state index contributed by atoms with van der Waals surface area (Å²) < 4.78 is 0. The van der Waals surface area contributed by atoms with Gasteiger partial charge in [0.1, 0.15) is 0 Å². The van der Waals surface area contributed by atoms with Crippen molar-refractivity contribution in [2.75, 3.05) is 16.4 Å². The van der Waals surface area contributed by atoms with Gasteiger partial charge in [-0.15, -0.1) is 0 Å². The van der Waals surface area contributed by atoms with Gasteiger partial charge >= 0.3 is 6.03 Å². The smallest absolute Gasteiger partial charge is 0.323 e. The molecule has 1 aromatic heterocycles. The number of hydrogen-bond donors (Lipinski definition) is 3. The van der Waals surface area contributed by atoms with Gasteiger partial charge in [-0.25, -0.2) is 4.79 Å². The number of carbonyl (C=O) groups excluding carboxylic acids is 1. The van der Waals surface area contributed by atoms with Gasteiger partial charge in [0.15, 0.2) is 0 Å². The number of hydrogen-bond acceptors (Lipinski definition) is 3. The van der Waals surface area contributed by atoms with E-state index in [2.05, 4.69) is 15.6 Å². The van der Waals surface area contributed by atoms with Gasteiger partial charge in [-0.1, -0.05) is 18.2 Å². The predicted octanol–water partition coefficient (Wildman–Crippen LogP) is 2.31. The molecule has 86 valence electrons. The highest BCUT2D eigenvalue weighted by Crippen LogP contribution is 2.15. The number of para-hydroxylation sites is 1. The lowest BCUT2D eigenvalue weighted by molar-refractivity contribution is 0.262. The van der Waals surface area contributed by atoms with E-state index < -0.39 is 0 Å².